The van der Waals surface area contributed by atoms with E-state index in [-0.39, 0.29) is 17.7 Å². The predicted molar refractivity (Wildman–Crippen MR) is 77.6 cm³/mol. The Labute approximate surface area is 119 Å². The largest absolute Gasteiger partial charge is 0.481 e. The molecule has 20 heavy (non-hydrogen) atoms. The van der Waals surface area contributed by atoms with Crippen LogP contribution in [0.15, 0.2) is 24.3 Å². The van der Waals surface area contributed by atoms with Crippen LogP contribution >= 0.6 is 0 Å². The Morgan fingerprint density at radius 3 is 2.30 bits per heavy atom. The molecule has 0 aromatic heterocycles. The third kappa shape index (κ3) is 3.59. The fraction of sp³-hybridized carbons (Fsp3) is 0.500. The quantitative estimate of drug-likeness (QED) is 0.886. The highest BCUT2D eigenvalue weighted by Crippen LogP contribution is 2.36. The van der Waals surface area contributed by atoms with Gasteiger partial charge in [0.25, 0.3) is 0 Å². The number of nitrogens with one attached hydrogen (secondary N) is 1. The standard InChI is InChI=1S/C16H21NO3/c1-16(9-3-2-4-10-16)15(20)17-13-7-5-12(6-8-13)11-14(18)19/h5-8H,2-4,9-11H2,1H3,(H,17,20)(H,18,19). The Balaban J connectivity index is 1.98. The van der Waals surface area contributed by atoms with E-state index in [1.165, 1.54) is 6.42 Å². The molecule has 4 nitrogen and oxygen atoms in total. The van der Waals surface area contributed by atoms with Crippen molar-refractivity contribution in [3.8, 4) is 0 Å². The number of carboxylic acids is 1. The molecular weight excluding hydrogens is 254 g/mol. The maximum atomic E-state index is 12.3. The Morgan fingerprint density at radius 1 is 1.15 bits per heavy atom. The van der Waals surface area contributed by atoms with E-state index >= 15 is 0 Å². The first-order valence-corrected chi connectivity index (χ1v) is 7.12. The van der Waals surface area contributed by atoms with E-state index in [4.69, 9.17) is 5.11 Å². The normalized spacial score (nSPS) is 17.4. The number of amides is 1. The second-order valence-electron chi connectivity index (χ2n) is 5.84. The molecule has 1 saturated carbocycles. The van der Waals surface area contributed by atoms with Crippen molar-refractivity contribution in [1.82, 2.24) is 0 Å². The molecule has 0 atom stereocenters. The van der Waals surface area contributed by atoms with Crippen LogP contribution < -0.4 is 5.32 Å². The minimum Gasteiger partial charge on any atom is -0.481 e. The van der Waals surface area contributed by atoms with Gasteiger partial charge >= 0.3 is 5.97 Å². The first kappa shape index (κ1) is 14.6. The van der Waals surface area contributed by atoms with Crippen LogP contribution in [0.25, 0.3) is 0 Å². The fourth-order valence-electron chi connectivity index (χ4n) is 2.72. The molecule has 1 fully saturated rings. The molecule has 1 aromatic carbocycles. The fourth-order valence-corrected chi connectivity index (χ4v) is 2.72. The van der Waals surface area contributed by atoms with Gasteiger partial charge in [-0.3, -0.25) is 9.59 Å². The van der Waals surface area contributed by atoms with E-state index in [0.717, 1.165) is 36.9 Å². The molecule has 0 bridgehead atoms. The number of hydrogen-bond acceptors (Lipinski definition) is 2. The second-order valence-corrected chi connectivity index (χ2v) is 5.84. The van der Waals surface area contributed by atoms with Gasteiger partial charge in [0, 0.05) is 11.1 Å². The molecule has 1 aliphatic rings. The van der Waals surface area contributed by atoms with Gasteiger partial charge in [0.05, 0.1) is 6.42 Å². The molecule has 1 aromatic rings. The van der Waals surface area contributed by atoms with Crippen molar-refractivity contribution >= 4 is 17.6 Å². The summed E-state index contributed by atoms with van der Waals surface area (Å²) in [6.07, 6.45) is 5.33. The molecular formula is C16H21NO3. The first-order valence-electron chi connectivity index (χ1n) is 7.12. The zero-order valence-corrected chi connectivity index (χ0v) is 11.8. The van der Waals surface area contributed by atoms with E-state index in [0.29, 0.717) is 0 Å². The van der Waals surface area contributed by atoms with Gasteiger partial charge in [-0.2, -0.15) is 0 Å². The number of carbonyl (C=O) groups excluding carboxylic acids is 1. The molecule has 108 valence electrons. The summed E-state index contributed by atoms with van der Waals surface area (Å²) in [5.41, 5.74) is 1.20. The van der Waals surface area contributed by atoms with Gasteiger partial charge in [-0.15, -0.1) is 0 Å². The molecule has 0 radical (unpaired) electrons. The van der Waals surface area contributed by atoms with Crippen molar-refractivity contribution in [1.29, 1.82) is 0 Å². The summed E-state index contributed by atoms with van der Waals surface area (Å²) < 4.78 is 0. The first-order chi connectivity index (χ1) is 9.49. The van der Waals surface area contributed by atoms with Gasteiger partial charge in [-0.25, -0.2) is 0 Å². The molecule has 1 amide bonds. The topological polar surface area (TPSA) is 66.4 Å². The van der Waals surface area contributed by atoms with E-state index in [1.807, 2.05) is 6.92 Å². The van der Waals surface area contributed by atoms with Crippen molar-refractivity contribution in [3.63, 3.8) is 0 Å². The van der Waals surface area contributed by atoms with Crippen LogP contribution in [0, 0.1) is 5.41 Å². The predicted octanol–water partition coefficient (Wildman–Crippen LogP) is 3.22. The van der Waals surface area contributed by atoms with E-state index in [2.05, 4.69) is 5.32 Å². The molecule has 0 aliphatic heterocycles. The van der Waals surface area contributed by atoms with Crippen LogP contribution in [-0.4, -0.2) is 17.0 Å². The average molecular weight is 275 g/mol. The number of carboxylic acid groups (broad SMARTS) is 1. The lowest BCUT2D eigenvalue weighted by molar-refractivity contribution is -0.136. The Morgan fingerprint density at radius 2 is 1.75 bits per heavy atom. The maximum Gasteiger partial charge on any atom is 0.307 e. The summed E-state index contributed by atoms with van der Waals surface area (Å²) in [6.45, 7) is 2.03. The number of anilines is 1. The third-order valence-corrected chi connectivity index (χ3v) is 4.07. The lowest BCUT2D eigenvalue weighted by Gasteiger charge is -2.32. The van der Waals surface area contributed by atoms with Crippen molar-refractivity contribution in [2.24, 2.45) is 5.41 Å². The van der Waals surface area contributed by atoms with Gasteiger partial charge in [0.15, 0.2) is 0 Å². The molecule has 2 rings (SSSR count). The maximum absolute atomic E-state index is 12.3. The number of hydrogen-bond donors (Lipinski definition) is 2. The molecule has 0 unspecified atom stereocenters. The van der Waals surface area contributed by atoms with Gasteiger partial charge in [-0.1, -0.05) is 38.3 Å². The number of benzene rings is 1. The van der Waals surface area contributed by atoms with Gasteiger partial charge in [0.2, 0.25) is 5.91 Å². The highest BCUT2D eigenvalue weighted by atomic mass is 16.4. The van der Waals surface area contributed by atoms with Crippen molar-refractivity contribution < 1.29 is 14.7 Å². The summed E-state index contributed by atoms with van der Waals surface area (Å²) in [7, 11) is 0. The van der Waals surface area contributed by atoms with Gasteiger partial charge in [0.1, 0.15) is 0 Å². The second kappa shape index (κ2) is 6.07. The summed E-state index contributed by atoms with van der Waals surface area (Å²) >= 11 is 0. The van der Waals surface area contributed by atoms with E-state index < -0.39 is 5.97 Å². The van der Waals surface area contributed by atoms with Crippen LogP contribution in [0.2, 0.25) is 0 Å². The highest BCUT2D eigenvalue weighted by molar-refractivity contribution is 5.95. The van der Waals surface area contributed by atoms with Crippen LogP contribution in [0.5, 0.6) is 0 Å². The SMILES string of the molecule is CC1(C(=O)Nc2ccc(CC(=O)O)cc2)CCCCC1. The van der Waals surface area contributed by atoms with Crippen molar-refractivity contribution in [3.05, 3.63) is 29.8 Å². The van der Waals surface area contributed by atoms with Gasteiger partial charge < -0.3 is 10.4 Å². The monoisotopic (exact) mass is 275 g/mol. The van der Waals surface area contributed by atoms with E-state index in [1.54, 1.807) is 24.3 Å². The average Bonchev–Trinajstić information content (AvgIpc) is 2.41. The minimum absolute atomic E-state index is 0.00589. The molecule has 0 heterocycles. The van der Waals surface area contributed by atoms with Crippen LogP contribution in [-0.2, 0) is 16.0 Å². The van der Waals surface area contributed by atoms with Gasteiger partial charge in [-0.05, 0) is 30.5 Å². The summed E-state index contributed by atoms with van der Waals surface area (Å²) in [6, 6.07) is 7.02. The minimum atomic E-state index is -0.850. The third-order valence-electron chi connectivity index (χ3n) is 4.07. The Kier molecular flexibility index (Phi) is 4.42. The Bertz CT molecular complexity index is 487. The number of carbonyl (C=O) groups is 2. The molecule has 4 heteroatoms. The van der Waals surface area contributed by atoms with Crippen molar-refractivity contribution in [2.75, 3.05) is 5.32 Å². The molecule has 1 aliphatic carbocycles. The lowest BCUT2D eigenvalue weighted by atomic mass is 9.75. The molecule has 0 saturated heterocycles. The highest BCUT2D eigenvalue weighted by Gasteiger charge is 2.34. The number of rotatable bonds is 4. The van der Waals surface area contributed by atoms with Crippen LogP contribution in [0.1, 0.15) is 44.6 Å². The zero-order valence-electron chi connectivity index (χ0n) is 11.8. The Hall–Kier alpha value is -1.84. The molecule has 2 N–H and O–H groups in total. The van der Waals surface area contributed by atoms with Crippen molar-refractivity contribution in [2.45, 2.75) is 45.4 Å². The van der Waals surface area contributed by atoms with Crippen LogP contribution in [0.3, 0.4) is 0 Å². The number of aliphatic carboxylic acids is 1. The smallest absolute Gasteiger partial charge is 0.307 e. The van der Waals surface area contributed by atoms with E-state index in [9.17, 15) is 9.59 Å². The summed E-state index contributed by atoms with van der Waals surface area (Å²) in [5.74, 6) is -0.778. The summed E-state index contributed by atoms with van der Waals surface area (Å²) in [5, 5.41) is 11.7. The molecule has 0 spiro atoms. The van der Waals surface area contributed by atoms with Crippen LogP contribution in [0.4, 0.5) is 5.69 Å². The zero-order chi connectivity index (χ0) is 14.6. The lowest BCUT2D eigenvalue weighted by Crippen LogP contribution is -2.35. The summed E-state index contributed by atoms with van der Waals surface area (Å²) in [4.78, 5) is 23.0.